The second kappa shape index (κ2) is 22.3. The Labute approximate surface area is 408 Å². The largest absolute Gasteiger partial charge is 0.471 e. The van der Waals surface area contributed by atoms with Crippen LogP contribution in [-0.4, -0.2) is 104 Å². The van der Waals surface area contributed by atoms with E-state index in [0.29, 0.717) is 42.2 Å². The quantitative estimate of drug-likeness (QED) is 0.0821. The summed E-state index contributed by atoms with van der Waals surface area (Å²) in [6.07, 6.45) is -5.69. The first-order valence-corrected chi connectivity index (χ1v) is 24.2. The molecule has 3 fully saturated rings. The molecule has 67 heavy (non-hydrogen) atoms. The molecule has 3 aliphatic heterocycles. The predicted molar refractivity (Wildman–Crippen MR) is 243 cm³/mol. The van der Waals surface area contributed by atoms with Crippen LogP contribution in [0.1, 0.15) is 78.7 Å². The number of nitro groups is 2. The van der Waals surface area contributed by atoms with Gasteiger partial charge in [0.25, 0.3) is 0 Å². The molecule has 11 nitrogen and oxygen atoms in total. The van der Waals surface area contributed by atoms with Crippen LogP contribution < -0.4 is 0 Å². The lowest BCUT2D eigenvalue weighted by Crippen LogP contribution is -2.50. The zero-order valence-corrected chi connectivity index (χ0v) is 40.5. The number of alkyl halides is 9. The Hall–Kier alpha value is -3.88. The second-order valence-corrected chi connectivity index (χ2v) is 18.9. The van der Waals surface area contributed by atoms with Gasteiger partial charge >= 0.3 is 35.5 Å². The number of likely N-dealkylation sites (N-methyl/N-ethyl adjacent to an activating group) is 1. The Morgan fingerprint density at radius 2 is 1.01 bits per heavy atom. The molecule has 2 amide bonds. The molecule has 0 spiro atoms. The van der Waals surface area contributed by atoms with Gasteiger partial charge in [-0.2, -0.15) is 35.1 Å². The fourth-order valence-corrected chi connectivity index (χ4v) is 10.4. The first-order chi connectivity index (χ1) is 31.5. The van der Waals surface area contributed by atoms with E-state index >= 15 is 0 Å². The van der Waals surface area contributed by atoms with Gasteiger partial charge in [-0.25, -0.2) is 8.78 Å². The standard InChI is InChI=1S/C14H12F4N2O3.C14H13F4NO.C13H15FN2O2.C2H4FI.CH3I/c15-11-4-10-8(3-12(11)20(22)23)1-7-2-9(10)6-19(5-7)13(21)14(16,17)18;15-11-2-1-9-3-8-4-10(12(9)5-11)7-19(6-8)13(20)14(16,17)18;1-15-6-8-2-9-4-13(16(17)18)12(14)5-11(9)10(3-8)7-15;1-2(3)4;1-2/h3-4,7,9H,1-2,5-6H2;1-2,5,8,10H,3-4,6-7H2;4-5,8,10H,2-3,6-7H2,1H3;2H,1H3;1H3/i;;;2T;. The Bertz CT molecular complexity index is 2370. The molecule has 0 saturated carbocycles. The molecule has 0 N–H and O–H groups in total. The minimum atomic E-state index is -4.94. The molecular weight excluding hydrogens is 1140 g/mol. The fraction of sp³-hybridized carbons (Fsp3) is 0.545. The number of carbonyl (C=O) groups excluding carboxylic acids is 2. The number of halogens is 12. The van der Waals surface area contributed by atoms with E-state index in [1.807, 2.05) is 4.93 Å². The van der Waals surface area contributed by atoms with Crippen LogP contribution in [0.2, 0.25) is 0 Å². The van der Waals surface area contributed by atoms with Crippen LogP contribution in [0.3, 0.4) is 0 Å². The summed E-state index contributed by atoms with van der Waals surface area (Å²) in [6, 6.07) is 9.46. The minimum absolute atomic E-state index is 0.0191. The molecule has 3 aliphatic carbocycles. The summed E-state index contributed by atoms with van der Waals surface area (Å²) < 4.78 is 132. The number of fused-ring (bicyclic) bond motifs is 12. The van der Waals surface area contributed by atoms with Crippen molar-refractivity contribution >= 4 is 68.4 Å². The maximum Gasteiger partial charge on any atom is 0.471 e. The van der Waals surface area contributed by atoms with E-state index in [-0.39, 0.29) is 55.4 Å². The van der Waals surface area contributed by atoms with E-state index in [1.165, 1.54) is 53.8 Å². The van der Waals surface area contributed by atoms with Gasteiger partial charge in [-0.05, 0) is 161 Å². The summed E-state index contributed by atoms with van der Waals surface area (Å²) in [5.41, 5.74) is 3.71. The van der Waals surface area contributed by atoms with Crippen LogP contribution in [0.4, 0.5) is 55.3 Å². The molecule has 368 valence electrons. The lowest BCUT2D eigenvalue weighted by molar-refractivity contribution is -0.387. The third-order valence-corrected chi connectivity index (χ3v) is 12.6. The van der Waals surface area contributed by atoms with E-state index in [9.17, 15) is 73.7 Å². The van der Waals surface area contributed by atoms with Crippen LogP contribution >= 0.6 is 45.2 Å². The summed E-state index contributed by atoms with van der Waals surface area (Å²) in [5.74, 6) is -5.71. The molecule has 3 aromatic rings. The smallest absolute Gasteiger partial charge is 0.334 e. The fourth-order valence-electron chi connectivity index (χ4n) is 10.4. The second-order valence-electron chi connectivity index (χ2n) is 17.5. The van der Waals surface area contributed by atoms with E-state index in [0.717, 1.165) is 76.5 Å². The van der Waals surface area contributed by atoms with Crippen LogP contribution in [-0.2, 0) is 28.9 Å². The van der Waals surface area contributed by atoms with Crippen molar-refractivity contribution in [2.75, 3.05) is 51.2 Å². The number of nitrogens with zero attached hydrogens (tertiary/aromatic N) is 5. The Morgan fingerprint density at radius 1 is 0.657 bits per heavy atom. The average Bonchev–Trinajstić information content (AvgIpc) is 3.23. The molecule has 9 rings (SSSR count). The van der Waals surface area contributed by atoms with E-state index in [1.54, 1.807) is 6.07 Å². The normalized spacial score (nSPS) is 24.5. The van der Waals surface area contributed by atoms with E-state index in [4.69, 9.17) is 1.37 Å². The van der Waals surface area contributed by atoms with Crippen molar-refractivity contribution in [1.82, 2.24) is 14.7 Å². The average molecular weight is 1190 g/mol. The van der Waals surface area contributed by atoms with Gasteiger partial charge in [-0.3, -0.25) is 29.8 Å². The van der Waals surface area contributed by atoms with Crippen molar-refractivity contribution in [2.45, 2.75) is 79.7 Å². The van der Waals surface area contributed by atoms with Crippen molar-refractivity contribution in [3.63, 3.8) is 0 Å². The van der Waals surface area contributed by atoms with Gasteiger partial charge in [0, 0.05) is 63.2 Å². The molecule has 0 aromatic heterocycles. The van der Waals surface area contributed by atoms with Crippen molar-refractivity contribution in [3.05, 3.63) is 114 Å². The van der Waals surface area contributed by atoms with Gasteiger partial charge < -0.3 is 14.7 Å². The predicted octanol–water partition coefficient (Wildman–Crippen LogP) is 10.8. The number of rotatable bonds is 2. The minimum Gasteiger partial charge on any atom is -0.334 e. The number of nitro benzene ring substituents is 2. The van der Waals surface area contributed by atoms with E-state index in [2.05, 4.69) is 34.5 Å². The van der Waals surface area contributed by atoms with Gasteiger partial charge in [0.05, 0.1) is 11.2 Å². The third-order valence-electron chi connectivity index (χ3n) is 12.6. The topological polar surface area (TPSA) is 130 Å². The lowest BCUT2D eigenvalue weighted by Gasteiger charge is -2.42. The molecule has 0 radical (unpaired) electrons. The van der Waals surface area contributed by atoms with E-state index < -0.39 is 61.4 Å². The summed E-state index contributed by atoms with van der Waals surface area (Å²) in [4.78, 5) is 48.7. The van der Waals surface area contributed by atoms with Crippen molar-refractivity contribution in [3.8, 4) is 0 Å². The van der Waals surface area contributed by atoms with Gasteiger partial charge in [0.1, 0.15) is 9.97 Å². The van der Waals surface area contributed by atoms with Crippen molar-refractivity contribution in [1.29, 1.82) is 0 Å². The van der Waals surface area contributed by atoms with Crippen molar-refractivity contribution < 1.29 is 64.7 Å². The van der Waals surface area contributed by atoms with Gasteiger partial charge in [-0.15, -0.1) is 0 Å². The monoisotopic (exact) mass is 1190 g/mol. The molecule has 3 heterocycles. The molecule has 3 saturated heterocycles. The molecular formula is C44H47F10I2N5O6. The number of hydrogen-bond acceptors (Lipinski definition) is 7. The summed E-state index contributed by atoms with van der Waals surface area (Å²) >= 11 is 3.53. The lowest BCUT2D eigenvalue weighted by atomic mass is 9.73. The highest BCUT2D eigenvalue weighted by atomic mass is 127. The molecule has 7 unspecified atom stereocenters. The van der Waals surface area contributed by atoms with Crippen LogP contribution in [0.25, 0.3) is 0 Å². The highest BCUT2D eigenvalue weighted by Crippen LogP contribution is 2.44. The zero-order chi connectivity index (χ0) is 50.8. The van der Waals surface area contributed by atoms with Crippen LogP contribution in [0.5, 0.6) is 0 Å². The molecule has 6 aliphatic rings. The molecule has 7 atom stereocenters. The maximum atomic E-state index is 13.8. The highest BCUT2D eigenvalue weighted by Gasteiger charge is 2.48. The Morgan fingerprint density at radius 3 is 1.40 bits per heavy atom. The summed E-state index contributed by atoms with van der Waals surface area (Å²) in [7, 11) is 2.08. The first kappa shape index (κ1) is 52.5. The van der Waals surface area contributed by atoms with Gasteiger partial charge in [0.15, 0.2) is 0 Å². The van der Waals surface area contributed by atoms with Gasteiger partial charge in [0.2, 0.25) is 11.6 Å². The molecule has 6 bridgehead atoms. The van der Waals surface area contributed by atoms with Gasteiger partial charge in [-0.1, -0.05) is 28.7 Å². The Balaban J connectivity index is 0.000000179. The number of piperidine rings is 3. The van der Waals surface area contributed by atoms with Crippen LogP contribution in [0.15, 0.2) is 42.5 Å². The highest BCUT2D eigenvalue weighted by molar-refractivity contribution is 14.1. The van der Waals surface area contributed by atoms with Crippen molar-refractivity contribution in [2.24, 2.45) is 17.8 Å². The van der Waals surface area contributed by atoms with Crippen LogP contribution in [0, 0.1) is 55.4 Å². The number of carbonyl (C=O) groups is 2. The summed E-state index contributed by atoms with van der Waals surface area (Å²) in [5, 5.41) is 21.6. The first-order valence-electron chi connectivity index (χ1n) is 21.4. The molecule has 3 aromatic carbocycles. The summed E-state index contributed by atoms with van der Waals surface area (Å²) in [6.45, 7) is 3.07. The Kier molecular flexibility index (Phi) is 17.4. The number of likely N-dealkylation sites (tertiary alicyclic amines) is 3. The number of amides is 2. The SMILES string of the molecule is CI.CN1CC2Cc3cc([N+](=O)[O-])c(F)cc3C(C2)C1.O=C(N1CC2Cc3cc([N+](=O)[O-])c(F)cc3C(C2)C1)C(F)(F)F.O=C(N1CC2Cc3ccc(F)cc3C(C2)C1)C(F)(F)F.[3H]C(C)(F)I. The zero-order valence-electron chi connectivity index (χ0n) is 37.2. The number of benzene rings is 3. The third kappa shape index (κ3) is 13.5. The molecule has 23 heteroatoms. The maximum absolute atomic E-state index is 13.8. The number of hydrogen-bond donors (Lipinski definition) is 0.